The second kappa shape index (κ2) is 8.45. The highest BCUT2D eigenvalue weighted by atomic mass is 35.5. The fraction of sp³-hybridized carbons (Fsp3) is 0.182. The van der Waals surface area contributed by atoms with Gasteiger partial charge in [0.2, 0.25) is 0 Å². The third kappa shape index (κ3) is 4.37. The highest BCUT2D eigenvalue weighted by Gasteiger charge is 2.24. The predicted molar refractivity (Wildman–Crippen MR) is 123 cm³/mol. The molecular formula is C22H19ClN2O4S2. The molecule has 0 aliphatic heterocycles. The molecule has 0 atom stereocenters. The molecule has 2 heterocycles. The zero-order valence-corrected chi connectivity index (χ0v) is 19.2. The van der Waals surface area contributed by atoms with Crippen LogP contribution in [0.25, 0.3) is 10.2 Å². The number of anilines is 1. The van der Waals surface area contributed by atoms with E-state index < -0.39 is 9.84 Å². The van der Waals surface area contributed by atoms with Crippen LogP contribution in [-0.2, 0) is 16.4 Å². The number of nitrogens with zero attached hydrogens (tertiary/aromatic N) is 2. The number of fused-ring (bicyclic) bond motifs is 1. The quantitative estimate of drug-likeness (QED) is 0.369. The normalized spacial score (nSPS) is 11.7. The first-order valence-electron chi connectivity index (χ1n) is 9.52. The van der Waals surface area contributed by atoms with Crippen LogP contribution < -0.4 is 4.90 Å². The van der Waals surface area contributed by atoms with Gasteiger partial charge in [0, 0.05) is 10.6 Å². The van der Waals surface area contributed by atoms with E-state index in [1.807, 2.05) is 19.1 Å². The van der Waals surface area contributed by atoms with Gasteiger partial charge in [-0.3, -0.25) is 9.69 Å². The van der Waals surface area contributed by atoms with Crippen molar-refractivity contribution < 1.29 is 17.6 Å². The van der Waals surface area contributed by atoms with Gasteiger partial charge in [0.25, 0.3) is 5.91 Å². The van der Waals surface area contributed by atoms with E-state index in [4.69, 9.17) is 16.0 Å². The smallest absolute Gasteiger partial charge is 0.260 e. The number of halogens is 1. The van der Waals surface area contributed by atoms with Gasteiger partial charge in [-0.2, -0.15) is 0 Å². The lowest BCUT2D eigenvalue weighted by Gasteiger charge is -2.19. The lowest BCUT2D eigenvalue weighted by atomic mass is 10.2. The van der Waals surface area contributed by atoms with Crippen LogP contribution >= 0.6 is 22.9 Å². The standard InChI is InChI=1S/C22H19ClN2O4S2/c1-3-31(27,28)18-8-4-6-15(11-18)21(26)25(13-17-7-5-9-29-17)22-24-20-14(2)10-16(23)12-19(20)30-22/h4-12H,3,13H2,1-2H3. The van der Waals surface area contributed by atoms with Gasteiger partial charge in [-0.05, 0) is 55.0 Å². The molecule has 2 aromatic heterocycles. The van der Waals surface area contributed by atoms with E-state index in [1.54, 1.807) is 31.2 Å². The lowest BCUT2D eigenvalue weighted by Crippen LogP contribution is -2.30. The molecule has 0 unspecified atom stereocenters. The molecule has 1 amide bonds. The summed E-state index contributed by atoms with van der Waals surface area (Å²) in [5.74, 6) is 0.172. The minimum atomic E-state index is -3.44. The molecule has 0 saturated carbocycles. The van der Waals surface area contributed by atoms with Crippen LogP contribution in [0.2, 0.25) is 5.02 Å². The van der Waals surface area contributed by atoms with E-state index >= 15 is 0 Å². The summed E-state index contributed by atoms with van der Waals surface area (Å²) in [6.07, 6.45) is 1.54. The van der Waals surface area contributed by atoms with Gasteiger partial charge in [0.05, 0.1) is 33.7 Å². The molecule has 0 aliphatic carbocycles. The summed E-state index contributed by atoms with van der Waals surface area (Å²) in [4.78, 5) is 19.8. The number of benzene rings is 2. The molecule has 31 heavy (non-hydrogen) atoms. The van der Waals surface area contributed by atoms with Crippen LogP contribution in [0, 0.1) is 6.92 Å². The molecule has 0 spiro atoms. The Labute approximate surface area is 189 Å². The second-order valence-corrected chi connectivity index (χ2v) is 10.7. The summed E-state index contributed by atoms with van der Waals surface area (Å²) in [5, 5.41) is 1.08. The van der Waals surface area contributed by atoms with E-state index in [-0.39, 0.29) is 28.7 Å². The number of aromatic nitrogens is 1. The minimum absolute atomic E-state index is 0.0430. The van der Waals surface area contributed by atoms with Gasteiger partial charge in [0.15, 0.2) is 15.0 Å². The van der Waals surface area contributed by atoms with Crippen molar-refractivity contribution in [3.63, 3.8) is 0 Å². The van der Waals surface area contributed by atoms with Crippen molar-refractivity contribution >= 4 is 54.0 Å². The number of furan rings is 1. The maximum Gasteiger partial charge on any atom is 0.260 e. The maximum absolute atomic E-state index is 13.5. The van der Waals surface area contributed by atoms with Gasteiger partial charge < -0.3 is 4.42 Å². The van der Waals surface area contributed by atoms with E-state index in [9.17, 15) is 13.2 Å². The third-order valence-electron chi connectivity index (χ3n) is 4.83. The molecule has 9 heteroatoms. The van der Waals surface area contributed by atoms with Gasteiger partial charge in [0.1, 0.15) is 5.76 Å². The Morgan fingerprint density at radius 1 is 1.19 bits per heavy atom. The third-order valence-corrected chi connectivity index (χ3v) is 7.81. The monoisotopic (exact) mass is 474 g/mol. The lowest BCUT2D eigenvalue weighted by molar-refractivity contribution is 0.0983. The molecular weight excluding hydrogens is 456 g/mol. The molecule has 0 N–H and O–H groups in total. The molecule has 0 fully saturated rings. The zero-order valence-electron chi connectivity index (χ0n) is 16.8. The Morgan fingerprint density at radius 2 is 2.00 bits per heavy atom. The summed E-state index contributed by atoms with van der Waals surface area (Å²) in [7, 11) is -3.44. The van der Waals surface area contributed by atoms with Gasteiger partial charge >= 0.3 is 0 Å². The van der Waals surface area contributed by atoms with Gasteiger partial charge in [-0.25, -0.2) is 13.4 Å². The van der Waals surface area contributed by atoms with Crippen LogP contribution in [0.3, 0.4) is 0 Å². The number of thiazole rings is 1. The first-order valence-corrected chi connectivity index (χ1v) is 12.4. The minimum Gasteiger partial charge on any atom is -0.467 e. The topological polar surface area (TPSA) is 80.5 Å². The molecule has 6 nitrogen and oxygen atoms in total. The fourth-order valence-corrected chi connectivity index (χ4v) is 5.53. The van der Waals surface area contributed by atoms with Crippen molar-refractivity contribution in [3.05, 3.63) is 76.7 Å². The molecule has 160 valence electrons. The summed E-state index contributed by atoms with van der Waals surface area (Å²) < 4.78 is 30.9. The molecule has 4 aromatic rings. The van der Waals surface area contributed by atoms with Crippen molar-refractivity contribution in [2.75, 3.05) is 10.7 Å². The summed E-state index contributed by atoms with van der Waals surface area (Å²) in [5.41, 5.74) is 1.94. The maximum atomic E-state index is 13.5. The highest BCUT2D eigenvalue weighted by Crippen LogP contribution is 2.34. The summed E-state index contributed by atoms with van der Waals surface area (Å²) in [6.45, 7) is 3.64. The largest absolute Gasteiger partial charge is 0.467 e. The average molecular weight is 475 g/mol. The number of hydrogen-bond acceptors (Lipinski definition) is 6. The summed E-state index contributed by atoms with van der Waals surface area (Å²) >= 11 is 7.53. The van der Waals surface area contributed by atoms with Crippen molar-refractivity contribution in [1.29, 1.82) is 0 Å². The Balaban J connectivity index is 1.80. The first kappa shape index (κ1) is 21.5. The van der Waals surface area contributed by atoms with E-state index in [2.05, 4.69) is 4.98 Å². The van der Waals surface area contributed by atoms with Crippen molar-refractivity contribution in [2.45, 2.75) is 25.3 Å². The number of sulfone groups is 1. The van der Waals surface area contributed by atoms with Crippen LogP contribution in [-0.4, -0.2) is 25.1 Å². The van der Waals surface area contributed by atoms with E-state index in [0.717, 1.165) is 15.8 Å². The number of carbonyl (C=O) groups excluding carboxylic acids is 1. The van der Waals surface area contributed by atoms with Crippen molar-refractivity contribution in [3.8, 4) is 0 Å². The van der Waals surface area contributed by atoms with Gasteiger partial charge in [-0.15, -0.1) is 0 Å². The number of aryl methyl sites for hydroxylation is 1. The fourth-order valence-electron chi connectivity index (χ4n) is 3.19. The second-order valence-electron chi connectivity index (χ2n) is 6.97. The number of carbonyl (C=O) groups is 1. The van der Waals surface area contributed by atoms with Crippen molar-refractivity contribution in [2.24, 2.45) is 0 Å². The SMILES string of the molecule is CCS(=O)(=O)c1cccc(C(=O)N(Cc2ccco2)c2nc3c(C)cc(Cl)cc3s2)c1. The Hall–Kier alpha value is -2.68. The van der Waals surface area contributed by atoms with Crippen molar-refractivity contribution in [1.82, 2.24) is 4.98 Å². The molecule has 0 saturated heterocycles. The molecule has 0 radical (unpaired) electrons. The highest BCUT2D eigenvalue weighted by molar-refractivity contribution is 7.91. The Morgan fingerprint density at radius 3 is 2.71 bits per heavy atom. The Kier molecular flexibility index (Phi) is 5.88. The van der Waals surface area contributed by atoms with Crippen LogP contribution in [0.4, 0.5) is 5.13 Å². The molecule has 2 aromatic carbocycles. The molecule has 0 aliphatic rings. The number of rotatable bonds is 6. The number of hydrogen-bond donors (Lipinski definition) is 0. The average Bonchev–Trinajstić information content (AvgIpc) is 3.41. The first-order chi connectivity index (χ1) is 14.8. The molecule has 0 bridgehead atoms. The number of amides is 1. The van der Waals surface area contributed by atoms with Gasteiger partial charge in [-0.1, -0.05) is 35.9 Å². The molecule has 4 rings (SSSR count). The predicted octanol–water partition coefficient (Wildman–Crippen LogP) is 5.49. The van der Waals surface area contributed by atoms with Crippen LogP contribution in [0.5, 0.6) is 0 Å². The summed E-state index contributed by atoms with van der Waals surface area (Å²) in [6, 6.07) is 13.2. The van der Waals surface area contributed by atoms with E-state index in [1.165, 1.54) is 34.6 Å². The zero-order chi connectivity index (χ0) is 22.2. The van der Waals surface area contributed by atoms with E-state index in [0.29, 0.717) is 15.9 Å². The van der Waals surface area contributed by atoms with Crippen LogP contribution in [0.15, 0.2) is 64.1 Å². The Bertz CT molecular complexity index is 1360. The van der Waals surface area contributed by atoms with Crippen LogP contribution in [0.1, 0.15) is 28.6 Å².